The highest BCUT2D eigenvalue weighted by Crippen LogP contribution is 2.26. The third kappa shape index (κ3) is 4.29. The standard InChI is InChI=1S/C26H20N4O3/c1-32-26(31)24-16-25(30(29-24)21-12-14-27-15-13-21)19-7-10-22(11-8-19)33-17-20-9-6-18-4-2-3-5-23(18)28-20/h2-16H,17H2,1H3. The van der Waals surface area contributed by atoms with Gasteiger partial charge < -0.3 is 9.47 Å². The summed E-state index contributed by atoms with van der Waals surface area (Å²) in [4.78, 5) is 20.8. The molecule has 0 aliphatic carbocycles. The van der Waals surface area contributed by atoms with E-state index in [1.807, 2.05) is 72.8 Å². The summed E-state index contributed by atoms with van der Waals surface area (Å²) >= 11 is 0. The van der Waals surface area contributed by atoms with Gasteiger partial charge in [0.25, 0.3) is 0 Å². The summed E-state index contributed by atoms with van der Waals surface area (Å²) < 4.78 is 12.5. The Morgan fingerprint density at radius 2 is 1.73 bits per heavy atom. The van der Waals surface area contributed by atoms with Crippen molar-refractivity contribution in [2.24, 2.45) is 0 Å². The molecule has 7 nitrogen and oxygen atoms in total. The van der Waals surface area contributed by atoms with Crippen LogP contribution in [0.25, 0.3) is 27.8 Å². The van der Waals surface area contributed by atoms with Crippen LogP contribution in [0.1, 0.15) is 16.2 Å². The van der Waals surface area contributed by atoms with E-state index in [9.17, 15) is 4.79 Å². The average molecular weight is 436 g/mol. The monoisotopic (exact) mass is 436 g/mol. The molecule has 7 heteroatoms. The number of pyridine rings is 2. The van der Waals surface area contributed by atoms with Crippen molar-refractivity contribution < 1.29 is 14.3 Å². The van der Waals surface area contributed by atoms with Gasteiger partial charge in [0, 0.05) is 23.3 Å². The fourth-order valence-corrected chi connectivity index (χ4v) is 3.54. The number of aromatic nitrogens is 4. The van der Waals surface area contributed by atoms with Gasteiger partial charge in [-0.25, -0.2) is 14.5 Å². The lowest BCUT2D eigenvalue weighted by Gasteiger charge is -2.09. The van der Waals surface area contributed by atoms with Gasteiger partial charge in [0.2, 0.25) is 0 Å². The van der Waals surface area contributed by atoms with Crippen LogP contribution in [0.5, 0.6) is 5.75 Å². The maximum absolute atomic E-state index is 12.1. The molecule has 0 N–H and O–H groups in total. The topological polar surface area (TPSA) is 79.1 Å². The molecule has 0 aliphatic rings. The zero-order valence-corrected chi connectivity index (χ0v) is 17.9. The molecule has 0 aliphatic heterocycles. The lowest BCUT2D eigenvalue weighted by atomic mass is 10.1. The van der Waals surface area contributed by atoms with Crippen LogP contribution in [0.3, 0.4) is 0 Å². The van der Waals surface area contributed by atoms with Crippen LogP contribution in [0.2, 0.25) is 0 Å². The van der Waals surface area contributed by atoms with Crippen LogP contribution < -0.4 is 4.74 Å². The number of carbonyl (C=O) groups excluding carboxylic acids is 1. The van der Waals surface area contributed by atoms with E-state index < -0.39 is 5.97 Å². The van der Waals surface area contributed by atoms with E-state index >= 15 is 0 Å². The van der Waals surface area contributed by atoms with Gasteiger partial charge in [-0.3, -0.25) is 4.98 Å². The van der Waals surface area contributed by atoms with Crippen LogP contribution >= 0.6 is 0 Å². The maximum Gasteiger partial charge on any atom is 0.358 e. The number of nitrogens with zero attached hydrogens (tertiary/aromatic N) is 4. The Kier molecular flexibility index (Phi) is 5.51. The molecule has 3 aromatic heterocycles. The van der Waals surface area contributed by atoms with E-state index in [4.69, 9.17) is 9.47 Å². The van der Waals surface area contributed by atoms with Crippen LogP contribution in [0.4, 0.5) is 0 Å². The Bertz CT molecular complexity index is 1410. The number of benzene rings is 2. The van der Waals surface area contributed by atoms with Gasteiger partial charge in [-0.2, -0.15) is 5.10 Å². The minimum Gasteiger partial charge on any atom is -0.487 e. The predicted molar refractivity (Wildman–Crippen MR) is 124 cm³/mol. The van der Waals surface area contributed by atoms with Crippen LogP contribution in [0, 0.1) is 0 Å². The van der Waals surface area contributed by atoms with E-state index in [0.717, 1.165) is 39.3 Å². The summed E-state index contributed by atoms with van der Waals surface area (Å²) in [6, 6.07) is 25.0. The summed E-state index contributed by atoms with van der Waals surface area (Å²) in [5, 5.41) is 5.53. The Balaban J connectivity index is 1.38. The number of methoxy groups -OCH3 is 1. The molecular weight excluding hydrogens is 416 g/mol. The molecule has 0 saturated heterocycles. The molecule has 2 aromatic carbocycles. The first-order valence-electron chi connectivity index (χ1n) is 10.4. The summed E-state index contributed by atoms with van der Waals surface area (Å²) in [6.07, 6.45) is 3.35. The molecule has 0 fully saturated rings. The van der Waals surface area contributed by atoms with Gasteiger partial charge in [0.15, 0.2) is 5.69 Å². The first kappa shape index (κ1) is 20.4. The smallest absolute Gasteiger partial charge is 0.358 e. The van der Waals surface area contributed by atoms with Gasteiger partial charge >= 0.3 is 5.97 Å². The SMILES string of the molecule is COC(=O)c1cc(-c2ccc(OCc3ccc4ccccc4n3)cc2)n(-c2ccncc2)n1. The van der Waals surface area contributed by atoms with Crippen molar-refractivity contribution in [3.63, 3.8) is 0 Å². The van der Waals surface area contributed by atoms with Crippen LogP contribution in [-0.4, -0.2) is 32.8 Å². The highest BCUT2D eigenvalue weighted by atomic mass is 16.5. The van der Waals surface area contributed by atoms with Gasteiger partial charge in [-0.15, -0.1) is 0 Å². The Morgan fingerprint density at radius 3 is 2.52 bits per heavy atom. The van der Waals surface area contributed by atoms with Crippen molar-refractivity contribution in [1.82, 2.24) is 19.7 Å². The zero-order chi connectivity index (χ0) is 22.6. The molecule has 0 atom stereocenters. The third-order valence-electron chi connectivity index (χ3n) is 5.20. The van der Waals surface area contributed by atoms with E-state index in [-0.39, 0.29) is 5.69 Å². The predicted octanol–water partition coefficient (Wildman–Crippen LogP) is 4.85. The molecule has 5 rings (SSSR count). The largest absolute Gasteiger partial charge is 0.487 e. The highest BCUT2D eigenvalue weighted by Gasteiger charge is 2.17. The molecule has 0 amide bonds. The van der Waals surface area contributed by atoms with Crippen molar-refractivity contribution in [3.8, 4) is 22.7 Å². The van der Waals surface area contributed by atoms with Crippen molar-refractivity contribution in [3.05, 3.63) is 103 Å². The number of hydrogen-bond acceptors (Lipinski definition) is 6. The van der Waals surface area contributed by atoms with E-state index in [1.165, 1.54) is 7.11 Å². The fraction of sp³-hybridized carbons (Fsp3) is 0.0769. The van der Waals surface area contributed by atoms with E-state index in [0.29, 0.717) is 6.61 Å². The Morgan fingerprint density at radius 1 is 0.939 bits per heavy atom. The summed E-state index contributed by atoms with van der Waals surface area (Å²) in [5.74, 6) is 0.226. The second kappa shape index (κ2) is 8.92. The number of ether oxygens (including phenoxy) is 2. The zero-order valence-electron chi connectivity index (χ0n) is 17.9. The molecule has 5 aromatic rings. The Hall–Kier alpha value is -4.52. The number of fused-ring (bicyclic) bond motifs is 1. The first-order chi connectivity index (χ1) is 16.2. The minimum absolute atomic E-state index is 0.229. The van der Waals surface area contributed by atoms with Crippen molar-refractivity contribution in [2.75, 3.05) is 7.11 Å². The lowest BCUT2D eigenvalue weighted by Crippen LogP contribution is -2.04. The lowest BCUT2D eigenvalue weighted by molar-refractivity contribution is 0.0593. The third-order valence-corrected chi connectivity index (χ3v) is 5.20. The number of rotatable bonds is 6. The second-order valence-corrected chi connectivity index (χ2v) is 7.33. The van der Waals surface area contributed by atoms with Gasteiger partial charge in [0.05, 0.1) is 29.7 Å². The first-order valence-corrected chi connectivity index (χ1v) is 10.4. The number of esters is 1. The Labute approximate surface area is 190 Å². The number of hydrogen-bond donors (Lipinski definition) is 0. The van der Waals surface area contributed by atoms with Gasteiger partial charge in [-0.05, 0) is 54.6 Å². The van der Waals surface area contributed by atoms with Crippen molar-refractivity contribution in [1.29, 1.82) is 0 Å². The molecule has 33 heavy (non-hydrogen) atoms. The quantitative estimate of drug-likeness (QED) is 0.354. The van der Waals surface area contributed by atoms with Crippen LogP contribution in [-0.2, 0) is 11.3 Å². The molecule has 0 saturated carbocycles. The van der Waals surface area contributed by atoms with Crippen LogP contribution in [0.15, 0.2) is 91.3 Å². The molecule has 3 heterocycles. The number of carbonyl (C=O) groups is 1. The van der Waals surface area contributed by atoms with E-state index in [1.54, 1.807) is 23.1 Å². The minimum atomic E-state index is -0.494. The number of para-hydroxylation sites is 1. The molecule has 0 bridgehead atoms. The highest BCUT2D eigenvalue weighted by molar-refractivity contribution is 5.89. The van der Waals surface area contributed by atoms with Crippen molar-refractivity contribution in [2.45, 2.75) is 6.61 Å². The molecule has 162 valence electrons. The summed E-state index contributed by atoms with van der Waals surface area (Å²) in [7, 11) is 1.34. The second-order valence-electron chi connectivity index (χ2n) is 7.33. The summed E-state index contributed by atoms with van der Waals surface area (Å²) in [6.45, 7) is 0.367. The molecule has 0 spiro atoms. The van der Waals surface area contributed by atoms with Gasteiger partial charge in [-0.1, -0.05) is 24.3 Å². The fourth-order valence-electron chi connectivity index (χ4n) is 3.54. The van der Waals surface area contributed by atoms with Crippen molar-refractivity contribution >= 4 is 16.9 Å². The average Bonchev–Trinajstić information content (AvgIpc) is 3.33. The molecule has 0 radical (unpaired) electrons. The molecular formula is C26H20N4O3. The normalized spacial score (nSPS) is 10.8. The van der Waals surface area contributed by atoms with E-state index in [2.05, 4.69) is 15.1 Å². The summed E-state index contributed by atoms with van der Waals surface area (Å²) in [5.41, 5.74) is 4.45. The maximum atomic E-state index is 12.1. The molecule has 0 unspecified atom stereocenters. The van der Waals surface area contributed by atoms with Gasteiger partial charge in [0.1, 0.15) is 12.4 Å².